The van der Waals surface area contributed by atoms with Gasteiger partial charge in [-0.15, -0.1) is 0 Å². The van der Waals surface area contributed by atoms with E-state index in [0.717, 1.165) is 5.56 Å². The third-order valence-corrected chi connectivity index (χ3v) is 2.02. The van der Waals surface area contributed by atoms with Gasteiger partial charge in [0.15, 0.2) is 0 Å². The van der Waals surface area contributed by atoms with Gasteiger partial charge in [0, 0.05) is 6.54 Å². The molecular weight excluding hydrogens is 181 g/mol. The predicted octanol–water partition coefficient (Wildman–Crippen LogP) is 2.11. The van der Waals surface area contributed by atoms with Gasteiger partial charge >= 0.3 is 0 Å². The summed E-state index contributed by atoms with van der Waals surface area (Å²) >= 11 is 0. The molecule has 0 unspecified atom stereocenters. The molecule has 76 valence electrons. The standard InChI is InChI=1S/C11H14FNO/c1-7-4-9(12)11(8(2)6-13)10(5-7)14-3/h4-5H,2,6,13H2,1,3H3. The molecule has 2 nitrogen and oxygen atoms in total. The van der Waals surface area contributed by atoms with Crippen LogP contribution in [-0.2, 0) is 0 Å². The highest BCUT2D eigenvalue weighted by Gasteiger charge is 2.12. The first kappa shape index (κ1) is 10.7. The normalized spacial score (nSPS) is 10.0. The van der Waals surface area contributed by atoms with Crippen molar-refractivity contribution < 1.29 is 9.13 Å². The van der Waals surface area contributed by atoms with Crippen LogP contribution in [-0.4, -0.2) is 13.7 Å². The molecule has 0 fully saturated rings. The molecule has 3 heteroatoms. The molecule has 1 aromatic rings. The summed E-state index contributed by atoms with van der Waals surface area (Å²) in [5.41, 5.74) is 7.14. The van der Waals surface area contributed by atoms with Crippen molar-refractivity contribution in [1.82, 2.24) is 0 Å². The van der Waals surface area contributed by atoms with E-state index in [2.05, 4.69) is 6.58 Å². The summed E-state index contributed by atoms with van der Waals surface area (Å²) in [5, 5.41) is 0. The molecule has 0 spiro atoms. The van der Waals surface area contributed by atoms with Crippen molar-refractivity contribution in [2.45, 2.75) is 6.92 Å². The van der Waals surface area contributed by atoms with Crippen LogP contribution in [0.15, 0.2) is 18.7 Å². The van der Waals surface area contributed by atoms with Crippen LogP contribution in [0.25, 0.3) is 5.57 Å². The average molecular weight is 195 g/mol. The number of hydrogen-bond donors (Lipinski definition) is 1. The van der Waals surface area contributed by atoms with Gasteiger partial charge in [-0.3, -0.25) is 0 Å². The topological polar surface area (TPSA) is 35.2 Å². The number of ether oxygens (including phenoxy) is 1. The Morgan fingerprint density at radius 2 is 2.21 bits per heavy atom. The molecule has 0 aliphatic carbocycles. The van der Waals surface area contributed by atoms with Gasteiger partial charge in [-0.25, -0.2) is 4.39 Å². The zero-order valence-corrected chi connectivity index (χ0v) is 8.43. The molecule has 0 atom stereocenters. The largest absolute Gasteiger partial charge is 0.496 e. The lowest BCUT2D eigenvalue weighted by molar-refractivity contribution is 0.409. The van der Waals surface area contributed by atoms with Crippen molar-refractivity contribution >= 4 is 5.57 Å². The molecule has 0 radical (unpaired) electrons. The summed E-state index contributed by atoms with van der Waals surface area (Å²) in [6, 6.07) is 3.21. The number of halogens is 1. The Kier molecular flexibility index (Phi) is 3.25. The molecule has 0 amide bonds. The second-order valence-corrected chi connectivity index (χ2v) is 3.13. The Morgan fingerprint density at radius 3 is 2.71 bits per heavy atom. The highest BCUT2D eigenvalue weighted by atomic mass is 19.1. The molecular formula is C11H14FNO. The Hall–Kier alpha value is -1.35. The van der Waals surface area contributed by atoms with E-state index in [0.29, 0.717) is 16.9 Å². The van der Waals surface area contributed by atoms with Gasteiger partial charge in [0.05, 0.1) is 12.7 Å². The van der Waals surface area contributed by atoms with Crippen LogP contribution in [0.4, 0.5) is 4.39 Å². The van der Waals surface area contributed by atoms with E-state index in [1.807, 2.05) is 0 Å². The summed E-state index contributed by atoms with van der Waals surface area (Å²) in [6.45, 7) is 5.72. The molecule has 0 aliphatic rings. The summed E-state index contributed by atoms with van der Waals surface area (Å²) < 4.78 is 18.6. The minimum Gasteiger partial charge on any atom is -0.496 e. The highest BCUT2D eigenvalue weighted by molar-refractivity contribution is 5.70. The van der Waals surface area contributed by atoms with E-state index in [4.69, 9.17) is 10.5 Å². The smallest absolute Gasteiger partial charge is 0.134 e. The maximum Gasteiger partial charge on any atom is 0.134 e. The third-order valence-electron chi connectivity index (χ3n) is 2.02. The molecule has 1 aromatic carbocycles. The minimum atomic E-state index is -0.336. The van der Waals surface area contributed by atoms with Crippen molar-refractivity contribution in [2.75, 3.05) is 13.7 Å². The lowest BCUT2D eigenvalue weighted by atomic mass is 10.0. The van der Waals surface area contributed by atoms with Gasteiger partial charge in [0.1, 0.15) is 11.6 Å². The quantitative estimate of drug-likeness (QED) is 0.801. The van der Waals surface area contributed by atoms with Crippen molar-refractivity contribution in [3.63, 3.8) is 0 Å². The maximum atomic E-state index is 13.5. The first-order valence-electron chi connectivity index (χ1n) is 4.32. The number of methoxy groups -OCH3 is 1. The lowest BCUT2D eigenvalue weighted by Gasteiger charge is -2.11. The van der Waals surface area contributed by atoms with E-state index >= 15 is 0 Å². The van der Waals surface area contributed by atoms with Gasteiger partial charge in [-0.05, 0) is 30.2 Å². The van der Waals surface area contributed by atoms with Crippen LogP contribution in [0, 0.1) is 12.7 Å². The van der Waals surface area contributed by atoms with E-state index in [1.54, 1.807) is 13.0 Å². The van der Waals surface area contributed by atoms with E-state index in [1.165, 1.54) is 13.2 Å². The Balaban J connectivity index is 3.32. The van der Waals surface area contributed by atoms with Crippen LogP contribution >= 0.6 is 0 Å². The van der Waals surface area contributed by atoms with Crippen LogP contribution < -0.4 is 10.5 Å². The Morgan fingerprint density at radius 1 is 1.57 bits per heavy atom. The molecule has 0 aliphatic heterocycles. The SMILES string of the molecule is C=C(CN)c1c(F)cc(C)cc1OC. The first-order valence-corrected chi connectivity index (χ1v) is 4.32. The number of benzene rings is 1. The number of nitrogens with two attached hydrogens (primary N) is 1. The average Bonchev–Trinajstić information content (AvgIpc) is 2.15. The van der Waals surface area contributed by atoms with Gasteiger partial charge in [-0.1, -0.05) is 6.58 Å². The molecule has 0 aromatic heterocycles. The van der Waals surface area contributed by atoms with Crippen molar-refractivity contribution in [3.05, 3.63) is 35.7 Å². The Bertz CT molecular complexity index is 361. The van der Waals surface area contributed by atoms with Crippen LogP contribution in [0.5, 0.6) is 5.75 Å². The van der Waals surface area contributed by atoms with E-state index < -0.39 is 0 Å². The zero-order valence-electron chi connectivity index (χ0n) is 8.43. The van der Waals surface area contributed by atoms with E-state index in [-0.39, 0.29) is 12.4 Å². The van der Waals surface area contributed by atoms with Crippen LogP contribution in [0.1, 0.15) is 11.1 Å². The molecule has 0 saturated heterocycles. The third kappa shape index (κ3) is 1.93. The molecule has 0 heterocycles. The van der Waals surface area contributed by atoms with Gasteiger partial charge in [-0.2, -0.15) is 0 Å². The van der Waals surface area contributed by atoms with Crippen molar-refractivity contribution in [3.8, 4) is 5.75 Å². The second-order valence-electron chi connectivity index (χ2n) is 3.13. The zero-order chi connectivity index (χ0) is 10.7. The van der Waals surface area contributed by atoms with Crippen LogP contribution in [0.2, 0.25) is 0 Å². The molecule has 1 rings (SSSR count). The molecule has 0 saturated carbocycles. The molecule has 2 N–H and O–H groups in total. The van der Waals surface area contributed by atoms with E-state index in [9.17, 15) is 4.39 Å². The first-order chi connectivity index (χ1) is 6.60. The summed E-state index contributed by atoms with van der Waals surface area (Å²) in [7, 11) is 1.50. The summed E-state index contributed by atoms with van der Waals surface area (Å²) in [4.78, 5) is 0. The summed E-state index contributed by atoms with van der Waals surface area (Å²) in [5.74, 6) is 0.148. The maximum absolute atomic E-state index is 13.5. The highest BCUT2D eigenvalue weighted by Crippen LogP contribution is 2.28. The van der Waals surface area contributed by atoms with Crippen molar-refractivity contribution in [2.24, 2.45) is 5.73 Å². The fraction of sp³-hybridized carbons (Fsp3) is 0.273. The van der Waals surface area contributed by atoms with Gasteiger partial charge in [0.25, 0.3) is 0 Å². The number of aryl methyl sites for hydroxylation is 1. The lowest BCUT2D eigenvalue weighted by Crippen LogP contribution is -2.05. The number of hydrogen-bond acceptors (Lipinski definition) is 2. The van der Waals surface area contributed by atoms with Gasteiger partial charge < -0.3 is 10.5 Å². The number of rotatable bonds is 3. The minimum absolute atomic E-state index is 0.219. The Labute approximate surface area is 83.2 Å². The van der Waals surface area contributed by atoms with Gasteiger partial charge in [0.2, 0.25) is 0 Å². The second kappa shape index (κ2) is 4.24. The predicted molar refractivity (Wildman–Crippen MR) is 55.8 cm³/mol. The molecule has 0 bridgehead atoms. The van der Waals surface area contributed by atoms with Crippen molar-refractivity contribution in [1.29, 1.82) is 0 Å². The fourth-order valence-electron chi connectivity index (χ4n) is 1.32. The monoisotopic (exact) mass is 195 g/mol. The summed E-state index contributed by atoms with van der Waals surface area (Å²) in [6.07, 6.45) is 0. The fourth-order valence-corrected chi connectivity index (χ4v) is 1.32. The molecule has 14 heavy (non-hydrogen) atoms. The van der Waals surface area contributed by atoms with Crippen LogP contribution in [0.3, 0.4) is 0 Å².